The molecule has 0 spiro atoms. The lowest BCUT2D eigenvalue weighted by molar-refractivity contribution is -0.205. The van der Waals surface area contributed by atoms with Crippen molar-refractivity contribution >= 4 is 23.5 Å². The first-order valence-electron chi connectivity index (χ1n) is 13.5. The molecule has 2 aromatic rings. The van der Waals surface area contributed by atoms with Crippen LogP contribution in [-0.2, 0) is 20.7 Å². The van der Waals surface area contributed by atoms with Gasteiger partial charge in [-0.2, -0.15) is 13.2 Å². The first kappa shape index (κ1) is 35.4. The number of alkyl halides is 3. The summed E-state index contributed by atoms with van der Waals surface area (Å²) < 4.78 is 43.3. The fraction of sp³-hybridized carbons (Fsp3) is 0.517. The molecule has 1 aliphatic rings. The maximum absolute atomic E-state index is 12.7. The Morgan fingerprint density at radius 2 is 1.63 bits per heavy atom. The Labute approximate surface area is 239 Å². The maximum Gasteiger partial charge on any atom is 0.396 e. The molecule has 0 radical (unpaired) electrons. The highest BCUT2D eigenvalue weighted by molar-refractivity contribution is 5.91. The van der Waals surface area contributed by atoms with Gasteiger partial charge in [0, 0.05) is 25.1 Å². The van der Waals surface area contributed by atoms with Crippen molar-refractivity contribution in [3.8, 4) is 0 Å². The van der Waals surface area contributed by atoms with Gasteiger partial charge in [0.2, 0.25) is 11.8 Å². The molecule has 1 aromatic carbocycles. The van der Waals surface area contributed by atoms with Crippen molar-refractivity contribution in [2.45, 2.75) is 72.2 Å². The van der Waals surface area contributed by atoms with Crippen LogP contribution in [0, 0.1) is 11.3 Å². The Morgan fingerprint density at radius 3 is 2.07 bits per heavy atom. The number of urea groups is 1. The van der Waals surface area contributed by atoms with Crippen LogP contribution in [0.3, 0.4) is 0 Å². The quantitative estimate of drug-likeness (QED) is 0.319. The van der Waals surface area contributed by atoms with Gasteiger partial charge in [-0.05, 0) is 37.5 Å². The van der Waals surface area contributed by atoms with Crippen molar-refractivity contribution < 1.29 is 32.3 Å². The van der Waals surface area contributed by atoms with E-state index in [9.17, 15) is 27.6 Å². The second kappa shape index (κ2) is 16.6. The lowest BCUT2D eigenvalue weighted by Gasteiger charge is -2.26. The number of ether oxygens (including phenoxy) is 1. The summed E-state index contributed by atoms with van der Waals surface area (Å²) in [5.41, 5.74) is 6.07. The number of rotatable bonds is 10. The summed E-state index contributed by atoms with van der Waals surface area (Å²) in [5.74, 6) is -0.602. The number of nitrogens with two attached hydrogens (primary N) is 1. The Kier molecular flexibility index (Phi) is 14.3. The van der Waals surface area contributed by atoms with E-state index in [1.54, 1.807) is 6.20 Å². The zero-order valence-corrected chi connectivity index (χ0v) is 24.5. The molecule has 5 N–H and O–H groups in total. The lowest BCUT2D eigenvalue weighted by Crippen LogP contribution is -2.54. The molecule has 1 fully saturated rings. The molecule has 0 saturated heterocycles. The number of amides is 4. The number of hydrogen-bond acceptors (Lipinski definition) is 5. The van der Waals surface area contributed by atoms with Crippen LogP contribution in [0.1, 0.15) is 58.7 Å². The normalized spacial score (nSPS) is 14.7. The Balaban J connectivity index is 0.000000387. The number of benzene rings is 1. The van der Waals surface area contributed by atoms with Gasteiger partial charge in [0.1, 0.15) is 6.04 Å². The zero-order chi connectivity index (χ0) is 31.2. The number of likely N-dealkylation sites (N-methyl/N-ethyl adjacent to an activating group) is 1. The molecule has 2 atom stereocenters. The molecule has 0 aliphatic heterocycles. The number of primary amides is 1. The molecule has 0 bridgehead atoms. The van der Waals surface area contributed by atoms with Crippen LogP contribution in [-0.4, -0.2) is 54.8 Å². The largest absolute Gasteiger partial charge is 0.396 e. The van der Waals surface area contributed by atoms with Crippen molar-refractivity contribution in [1.82, 2.24) is 15.6 Å². The van der Waals surface area contributed by atoms with Crippen LogP contribution in [0.25, 0.3) is 0 Å². The third-order valence-corrected chi connectivity index (χ3v) is 6.22. The van der Waals surface area contributed by atoms with Gasteiger partial charge in [-0.3, -0.25) is 14.6 Å². The fourth-order valence-corrected chi connectivity index (χ4v) is 3.45. The molecule has 4 amide bonds. The van der Waals surface area contributed by atoms with Crippen molar-refractivity contribution in [2.75, 3.05) is 19.0 Å². The van der Waals surface area contributed by atoms with Gasteiger partial charge < -0.3 is 26.4 Å². The van der Waals surface area contributed by atoms with Crippen LogP contribution >= 0.6 is 0 Å². The molecule has 2 unspecified atom stereocenters. The van der Waals surface area contributed by atoms with E-state index in [0.29, 0.717) is 0 Å². The summed E-state index contributed by atoms with van der Waals surface area (Å²) in [7, 11) is 1.34. The third-order valence-electron chi connectivity index (χ3n) is 6.22. The fourth-order valence-electron chi connectivity index (χ4n) is 3.45. The second-order valence-electron chi connectivity index (χ2n) is 9.74. The predicted molar refractivity (Wildman–Crippen MR) is 152 cm³/mol. The smallest absolute Gasteiger partial charge is 0.375 e. The van der Waals surface area contributed by atoms with E-state index in [0.717, 1.165) is 17.8 Å². The van der Waals surface area contributed by atoms with E-state index in [2.05, 4.69) is 33.1 Å². The predicted octanol–water partition coefficient (Wildman–Crippen LogP) is 4.81. The molecule has 12 heteroatoms. The van der Waals surface area contributed by atoms with Crippen LogP contribution in [0.15, 0.2) is 48.7 Å². The minimum absolute atomic E-state index is 0.0110. The second-order valence-corrected chi connectivity index (χ2v) is 9.74. The monoisotopic (exact) mass is 581 g/mol. The van der Waals surface area contributed by atoms with E-state index < -0.39 is 42.3 Å². The number of anilines is 1. The number of carbonyl (C=O) groups is 3. The highest BCUT2D eigenvalue weighted by Gasteiger charge is 2.63. The minimum Gasteiger partial charge on any atom is -0.375 e. The molecule has 1 aliphatic carbocycles. The van der Waals surface area contributed by atoms with Crippen LogP contribution in [0.5, 0.6) is 0 Å². The Bertz CT molecular complexity index is 1090. The molecular formula is C29H42F3N5O4. The molecule has 3 rings (SSSR count). The van der Waals surface area contributed by atoms with Crippen molar-refractivity contribution in [2.24, 2.45) is 17.1 Å². The SMILES string of the molecule is CC.CC(C)C(=O)Nc1ccc(Cc2ccccc2)nc1.CNC(=O)C(NC(N)=O)C(C)OCC1(C(F)(F)F)CC1. The summed E-state index contributed by atoms with van der Waals surface area (Å²) in [6, 6.07) is 12.0. The summed E-state index contributed by atoms with van der Waals surface area (Å²) in [4.78, 5) is 38.3. The van der Waals surface area contributed by atoms with Crippen LogP contribution in [0.2, 0.25) is 0 Å². The molecule has 1 aromatic heterocycles. The van der Waals surface area contributed by atoms with Crippen LogP contribution < -0.4 is 21.7 Å². The summed E-state index contributed by atoms with van der Waals surface area (Å²) >= 11 is 0. The average molecular weight is 582 g/mol. The van der Waals surface area contributed by atoms with Gasteiger partial charge in [-0.15, -0.1) is 0 Å². The molecule has 1 saturated carbocycles. The molecule has 9 nitrogen and oxygen atoms in total. The Hall–Kier alpha value is -3.67. The number of halogens is 3. The Morgan fingerprint density at radius 1 is 1.02 bits per heavy atom. The lowest BCUT2D eigenvalue weighted by atomic mass is 10.1. The number of aromatic nitrogens is 1. The summed E-state index contributed by atoms with van der Waals surface area (Å²) in [5, 5.41) is 7.26. The third kappa shape index (κ3) is 11.8. The van der Waals surface area contributed by atoms with E-state index >= 15 is 0 Å². The number of nitrogens with one attached hydrogen (secondary N) is 3. The van der Waals surface area contributed by atoms with Gasteiger partial charge >= 0.3 is 12.2 Å². The molecule has 1 heterocycles. The topological polar surface area (TPSA) is 135 Å². The highest BCUT2D eigenvalue weighted by atomic mass is 19.4. The van der Waals surface area contributed by atoms with Crippen molar-refractivity contribution in [1.29, 1.82) is 0 Å². The minimum atomic E-state index is -4.33. The van der Waals surface area contributed by atoms with Gasteiger partial charge in [0.15, 0.2) is 0 Å². The molecule has 41 heavy (non-hydrogen) atoms. The van der Waals surface area contributed by atoms with Gasteiger partial charge in [-0.25, -0.2) is 4.79 Å². The van der Waals surface area contributed by atoms with Crippen molar-refractivity contribution in [3.63, 3.8) is 0 Å². The first-order valence-corrected chi connectivity index (χ1v) is 13.5. The van der Waals surface area contributed by atoms with Crippen LogP contribution in [0.4, 0.5) is 23.7 Å². The van der Waals surface area contributed by atoms with E-state index in [1.165, 1.54) is 19.5 Å². The summed E-state index contributed by atoms with van der Waals surface area (Å²) in [6.45, 7) is 8.60. The number of nitrogens with zero attached hydrogens (tertiary/aromatic N) is 1. The average Bonchev–Trinajstić information content (AvgIpc) is 3.74. The standard InChI is InChI=1S/C16H18N2O.C11H18F3N3O3.C2H6/c1-12(2)16(19)18-15-9-8-14(17-11-15)10-13-6-4-3-5-7-13;1-6(7(8(18)16-2)17-9(15)19)20-5-10(3-4-10)11(12,13)14;1-2/h3-9,11-12H,10H2,1-2H3,(H,18,19);6-7H,3-5H2,1-2H3,(H,16,18)(H3,15,17,19);1-2H3. The van der Waals surface area contributed by atoms with Gasteiger partial charge in [0.25, 0.3) is 0 Å². The molecular weight excluding hydrogens is 539 g/mol. The number of hydrogen-bond donors (Lipinski definition) is 4. The van der Waals surface area contributed by atoms with Gasteiger partial charge in [-0.1, -0.05) is 58.0 Å². The van der Waals surface area contributed by atoms with Gasteiger partial charge in [0.05, 0.1) is 30.0 Å². The van der Waals surface area contributed by atoms with Crippen molar-refractivity contribution in [3.05, 3.63) is 59.9 Å². The highest BCUT2D eigenvalue weighted by Crippen LogP contribution is 2.57. The maximum atomic E-state index is 12.7. The summed E-state index contributed by atoms with van der Waals surface area (Å²) in [6.07, 6.45) is -2.72. The van der Waals surface area contributed by atoms with E-state index in [1.807, 2.05) is 58.0 Å². The first-order chi connectivity index (χ1) is 19.3. The van der Waals surface area contributed by atoms with E-state index in [-0.39, 0.29) is 24.7 Å². The van der Waals surface area contributed by atoms with E-state index in [4.69, 9.17) is 10.5 Å². The zero-order valence-electron chi connectivity index (χ0n) is 24.5. The number of pyridine rings is 1. The molecule has 228 valence electrons. The number of carbonyl (C=O) groups excluding carboxylic acids is 3.